The molecule has 0 aromatic rings. The summed E-state index contributed by atoms with van der Waals surface area (Å²) in [4.78, 5) is 11.7. The molecule has 0 unspecified atom stereocenters. The number of ketones is 1. The van der Waals surface area contributed by atoms with Gasteiger partial charge in [0.05, 0.1) is 12.1 Å². The molecule has 23 heavy (non-hydrogen) atoms. The van der Waals surface area contributed by atoms with Crippen molar-refractivity contribution in [3.05, 3.63) is 23.8 Å². The van der Waals surface area contributed by atoms with Gasteiger partial charge >= 0.3 is 0 Å². The number of nitrogens with zero attached hydrogens (tertiary/aromatic N) is 2. The Bertz CT molecular complexity index is 662. The summed E-state index contributed by atoms with van der Waals surface area (Å²) in [6.45, 7) is 4.46. The van der Waals surface area contributed by atoms with Crippen LogP contribution in [0.2, 0.25) is 0 Å². The molecule has 0 aromatic heterocycles. The first-order valence-electron chi connectivity index (χ1n) is 8.63. The van der Waals surface area contributed by atoms with E-state index in [2.05, 4.69) is 32.1 Å². The average molecular weight is 308 g/mol. The van der Waals surface area contributed by atoms with Crippen LogP contribution >= 0.6 is 0 Å². The van der Waals surface area contributed by atoms with Crippen molar-refractivity contribution in [1.29, 1.82) is 10.5 Å². The Morgan fingerprint density at radius 3 is 2.74 bits per heavy atom. The number of hydrogen-bond donors (Lipinski definition) is 0. The van der Waals surface area contributed by atoms with Gasteiger partial charge in [-0.1, -0.05) is 25.5 Å². The van der Waals surface area contributed by atoms with E-state index in [0.29, 0.717) is 24.7 Å². The number of carbonyl (C=O) groups is 1. The lowest BCUT2D eigenvalue weighted by Crippen LogP contribution is -2.49. The predicted molar refractivity (Wildman–Crippen MR) is 87.8 cm³/mol. The SMILES string of the molecule is C[C@]1(CC#N)CC[C@H]2[C@@H](CCC3=CC(=O)C=C[C@@]32C)[C@@H]1CC#N. The Kier molecular flexibility index (Phi) is 3.93. The van der Waals surface area contributed by atoms with E-state index >= 15 is 0 Å². The molecule has 0 aromatic carbocycles. The standard InChI is InChI=1S/C20H24N2O/c1-19(10-12-22)8-6-18-16(17(19)7-11-21)4-3-14-13-15(23)5-9-20(14,18)2/h5,9,13,16-18H,3-4,6-8,10H2,1-2H3/t16-,17-,18-,19+,20-/m0/s1. The molecule has 2 saturated carbocycles. The van der Waals surface area contributed by atoms with Crippen LogP contribution in [0.4, 0.5) is 0 Å². The Hall–Kier alpha value is -1.87. The second-order valence-electron chi connectivity index (χ2n) is 7.99. The van der Waals surface area contributed by atoms with Crippen molar-refractivity contribution in [3.8, 4) is 12.1 Å². The van der Waals surface area contributed by atoms with Crippen molar-refractivity contribution in [2.45, 2.75) is 52.4 Å². The van der Waals surface area contributed by atoms with E-state index < -0.39 is 0 Å². The smallest absolute Gasteiger partial charge is 0.178 e. The van der Waals surface area contributed by atoms with Crippen LogP contribution in [0.15, 0.2) is 23.8 Å². The van der Waals surface area contributed by atoms with Crippen molar-refractivity contribution >= 4 is 5.78 Å². The van der Waals surface area contributed by atoms with Crippen molar-refractivity contribution in [2.75, 3.05) is 0 Å². The molecule has 2 fully saturated rings. The summed E-state index contributed by atoms with van der Waals surface area (Å²) in [6.07, 6.45) is 10.8. The fourth-order valence-electron chi connectivity index (χ4n) is 5.49. The van der Waals surface area contributed by atoms with Gasteiger partial charge in [-0.2, -0.15) is 10.5 Å². The lowest BCUT2D eigenvalue weighted by molar-refractivity contribution is -0.111. The highest BCUT2D eigenvalue weighted by Crippen LogP contribution is 2.61. The zero-order chi connectivity index (χ0) is 16.7. The third-order valence-electron chi connectivity index (χ3n) is 6.87. The van der Waals surface area contributed by atoms with E-state index in [4.69, 9.17) is 0 Å². The highest BCUT2D eigenvalue weighted by Gasteiger charge is 2.54. The number of carbonyl (C=O) groups excluding carboxylic acids is 1. The molecule has 3 aliphatic rings. The lowest BCUT2D eigenvalue weighted by atomic mass is 9.47. The molecule has 3 aliphatic carbocycles. The summed E-state index contributed by atoms with van der Waals surface area (Å²) >= 11 is 0. The molecule has 0 heterocycles. The van der Waals surface area contributed by atoms with Gasteiger partial charge in [-0.05, 0) is 61.0 Å². The van der Waals surface area contributed by atoms with Gasteiger partial charge in [0.15, 0.2) is 5.78 Å². The van der Waals surface area contributed by atoms with Gasteiger partial charge in [0.2, 0.25) is 0 Å². The summed E-state index contributed by atoms with van der Waals surface area (Å²) < 4.78 is 0. The fraction of sp³-hybridized carbons (Fsp3) is 0.650. The van der Waals surface area contributed by atoms with Gasteiger partial charge in [0, 0.05) is 18.3 Å². The molecule has 120 valence electrons. The molecular formula is C20H24N2O. The zero-order valence-electron chi connectivity index (χ0n) is 14.0. The summed E-state index contributed by atoms with van der Waals surface area (Å²) in [7, 11) is 0. The highest BCUT2D eigenvalue weighted by molar-refractivity contribution is 6.01. The van der Waals surface area contributed by atoms with E-state index in [-0.39, 0.29) is 22.5 Å². The Morgan fingerprint density at radius 1 is 1.26 bits per heavy atom. The maximum atomic E-state index is 11.7. The van der Waals surface area contributed by atoms with Crippen molar-refractivity contribution in [2.24, 2.45) is 28.6 Å². The lowest BCUT2D eigenvalue weighted by Gasteiger charge is -2.57. The molecule has 0 radical (unpaired) electrons. The number of nitriles is 2. The van der Waals surface area contributed by atoms with Crippen molar-refractivity contribution in [3.63, 3.8) is 0 Å². The van der Waals surface area contributed by atoms with Gasteiger partial charge in [-0.25, -0.2) is 0 Å². The highest BCUT2D eigenvalue weighted by atomic mass is 16.1. The number of hydrogen-bond acceptors (Lipinski definition) is 3. The van der Waals surface area contributed by atoms with Gasteiger partial charge < -0.3 is 0 Å². The van der Waals surface area contributed by atoms with Crippen LogP contribution in [-0.4, -0.2) is 5.78 Å². The Balaban J connectivity index is 1.97. The molecule has 0 saturated heterocycles. The van der Waals surface area contributed by atoms with Crippen LogP contribution in [-0.2, 0) is 4.79 Å². The summed E-state index contributed by atoms with van der Waals surface area (Å²) in [5.74, 6) is 1.35. The van der Waals surface area contributed by atoms with Gasteiger partial charge in [0.1, 0.15) is 0 Å². The van der Waals surface area contributed by atoms with Crippen LogP contribution < -0.4 is 0 Å². The first-order chi connectivity index (χ1) is 10.9. The minimum absolute atomic E-state index is 0.0431. The van der Waals surface area contributed by atoms with Gasteiger partial charge in [0.25, 0.3) is 0 Å². The molecule has 3 heteroatoms. The maximum Gasteiger partial charge on any atom is 0.178 e. The second-order valence-corrected chi connectivity index (χ2v) is 7.99. The Morgan fingerprint density at radius 2 is 2.04 bits per heavy atom. The number of allylic oxidation sites excluding steroid dienone is 4. The molecule has 3 rings (SSSR count). The molecule has 3 nitrogen and oxygen atoms in total. The van der Waals surface area contributed by atoms with E-state index in [0.717, 1.165) is 25.7 Å². The number of fused-ring (bicyclic) bond motifs is 3. The first kappa shape index (κ1) is 16.0. The first-order valence-corrected chi connectivity index (χ1v) is 8.63. The van der Waals surface area contributed by atoms with E-state index in [1.807, 2.05) is 6.08 Å². The van der Waals surface area contributed by atoms with E-state index in [1.54, 1.807) is 6.08 Å². The van der Waals surface area contributed by atoms with Gasteiger partial charge in [-0.3, -0.25) is 4.79 Å². The molecule has 0 spiro atoms. The van der Waals surface area contributed by atoms with Crippen LogP contribution in [0.1, 0.15) is 52.4 Å². The van der Waals surface area contributed by atoms with Crippen molar-refractivity contribution in [1.82, 2.24) is 0 Å². The second kappa shape index (κ2) is 5.64. The molecular weight excluding hydrogens is 284 g/mol. The quantitative estimate of drug-likeness (QED) is 0.762. The topological polar surface area (TPSA) is 64.7 Å². The summed E-state index contributed by atoms with van der Waals surface area (Å²) in [5, 5.41) is 18.6. The third-order valence-corrected chi connectivity index (χ3v) is 6.87. The largest absolute Gasteiger partial charge is 0.290 e. The molecule has 0 aliphatic heterocycles. The van der Waals surface area contributed by atoms with Gasteiger partial charge in [-0.15, -0.1) is 0 Å². The average Bonchev–Trinajstić information content (AvgIpc) is 2.51. The molecule has 5 atom stereocenters. The van der Waals surface area contributed by atoms with Crippen LogP contribution in [0.3, 0.4) is 0 Å². The minimum Gasteiger partial charge on any atom is -0.290 e. The third kappa shape index (κ3) is 2.43. The molecule has 0 N–H and O–H groups in total. The normalized spacial score (nSPS) is 42.0. The number of rotatable bonds is 2. The molecule has 0 amide bonds. The van der Waals surface area contributed by atoms with Crippen LogP contribution in [0.25, 0.3) is 0 Å². The fourth-order valence-corrected chi connectivity index (χ4v) is 5.49. The minimum atomic E-state index is -0.0442. The summed E-state index contributed by atoms with van der Waals surface area (Å²) in [6, 6.07) is 4.73. The zero-order valence-corrected chi connectivity index (χ0v) is 14.0. The molecule has 0 bridgehead atoms. The monoisotopic (exact) mass is 308 g/mol. The van der Waals surface area contributed by atoms with Crippen LogP contribution in [0.5, 0.6) is 0 Å². The Labute approximate surface area is 138 Å². The van der Waals surface area contributed by atoms with E-state index in [1.165, 1.54) is 5.57 Å². The maximum absolute atomic E-state index is 11.7. The summed E-state index contributed by atoms with van der Waals surface area (Å²) in [5.41, 5.74) is 1.18. The van der Waals surface area contributed by atoms with Crippen molar-refractivity contribution < 1.29 is 4.79 Å². The van der Waals surface area contributed by atoms with Crippen LogP contribution in [0, 0.1) is 51.2 Å². The van der Waals surface area contributed by atoms with E-state index in [9.17, 15) is 15.3 Å². The predicted octanol–water partition coefficient (Wildman–Crippen LogP) is 4.33.